The number of pyridine rings is 1. The second-order valence-corrected chi connectivity index (χ2v) is 4.37. The number of nitrogens with two attached hydrogens (primary N) is 1. The minimum absolute atomic E-state index is 0.0800. The van der Waals surface area contributed by atoms with Crippen molar-refractivity contribution in [3.63, 3.8) is 0 Å². The summed E-state index contributed by atoms with van der Waals surface area (Å²) in [5.74, 6) is -0.769. The van der Waals surface area contributed by atoms with Crippen LogP contribution in [0.4, 0.5) is 0 Å². The summed E-state index contributed by atoms with van der Waals surface area (Å²) in [4.78, 5) is 23.1. The molecule has 18 heavy (non-hydrogen) atoms. The Kier molecular flexibility index (Phi) is 3.41. The first-order valence-corrected chi connectivity index (χ1v) is 5.73. The van der Waals surface area contributed by atoms with Gasteiger partial charge in [-0.15, -0.1) is 0 Å². The maximum absolute atomic E-state index is 12.0. The topological polar surface area (TPSA) is 65.1 Å². The van der Waals surface area contributed by atoms with E-state index in [1.54, 1.807) is 18.2 Å². The van der Waals surface area contributed by atoms with Gasteiger partial charge in [0.05, 0.1) is 15.7 Å². The average Bonchev–Trinajstić information content (AvgIpc) is 2.33. The van der Waals surface area contributed by atoms with E-state index in [1.165, 1.54) is 22.9 Å². The molecule has 0 fully saturated rings. The van der Waals surface area contributed by atoms with Crippen LogP contribution >= 0.6 is 23.2 Å². The van der Waals surface area contributed by atoms with Gasteiger partial charge in [-0.25, -0.2) is 0 Å². The van der Waals surface area contributed by atoms with Crippen molar-refractivity contribution >= 4 is 29.1 Å². The van der Waals surface area contributed by atoms with Crippen molar-refractivity contribution in [3.8, 4) is 5.69 Å². The molecule has 1 heterocycles. The van der Waals surface area contributed by atoms with Crippen molar-refractivity contribution in [2.75, 3.05) is 0 Å². The van der Waals surface area contributed by atoms with Crippen LogP contribution in [0.15, 0.2) is 41.3 Å². The lowest BCUT2D eigenvalue weighted by Gasteiger charge is -2.07. The molecule has 0 saturated heterocycles. The van der Waals surface area contributed by atoms with Crippen molar-refractivity contribution < 1.29 is 4.79 Å². The molecule has 0 aliphatic heterocycles. The monoisotopic (exact) mass is 282 g/mol. The van der Waals surface area contributed by atoms with Gasteiger partial charge in [0, 0.05) is 6.20 Å². The first-order valence-electron chi connectivity index (χ1n) is 4.97. The fourth-order valence-corrected chi connectivity index (χ4v) is 1.81. The third-order valence-corrected chi connectivity index (χ3v) is 3.13. The molecule has 0 bridgehead atoms. The smallest absolute Gasteiger partial charge is 0.267 e. The van der Waals surface area contributed by atoms with E-state index in [1.807, 2.05) is 0 Å². The van der Waals surface area contributed by atoms with E-state index in [4.69, 9.17) is 28.9 Å². The Morgan fingerprint density at radius 3 is 2.50 bits per heavy atom. The van der Waals surface area contributed by atoms with Gasteiger partial charge < -0.3 is 5.73 Å². The zero-order chi connectivity index (χ0) is 13.3. The third-order valence-electron chi connectivity index (χ3n) is 2.39. The summed E-state index contributed by atoms with van der Waals surface area (Å²) in [5.41, 5.74) is 5.05. The maximum atomic E-state index is 12.0. The highest BCUT2D eigenvalue weighted by molar-refractivity contribution is 6.42. The van der Waals surface area contributed by atoms with Crippen LogP contribution in [0.2, 0.25) is 10.0 Å². The van der Waals surface area contributed by atoms with Crippen molar-refractivity contribution in [1.29, 1.82) is 0 Å². The molecule has 0 unspecified atom stereocenters. The quantitative estimate of drug-likeness (QED) is 0.918. The number of hydrogen-bond acceptors (Lipinski definition) is 2. The lowest BCUT2D eigenvalue weighted by Crippen LogP contribution is -2.28. The average molecular weight is 283 g/mol. The summed E-state index contributed by atoms with van der Waals surface area (Å²) in [5, 5.41) is 0.713. The van der Waals surface area contributed by atoms with Crippen LogP contribution in [0.1, 0.15) is 10.4 Å². The third kappa shape index (κ3) is 2.25. The molecule has 0 aliphatic rings. The van der Waals surface area contributed by atoms with Gasteiger partial charge in [-0.05, 0) is 30.3 Å². The maximum Gasteiger partial charge on any atom is 0.267 e. The lowest BCUT2D eigenvalue weighted by atomic mass is 10.2. The van der Waals surface area contributed by atoms with Crippen LogP contribution in [0.5, 0.6) is 0 Å². The summed E-state index contributed by atoms with van der Waals surface area (Å²) in [7, 11) is 0. The van der Waals surface area contributed by atoms with Crippen LogP contribution in [0.3, 0.4) is 0 Å². The van der Waals surface area contributed by atoms with Gasteiger partial charge in [-0.3, -0.25) is 14.2 Å². The molecular weight excluding hydrogens is 275 g/mol. The largest absolute Gasteiger partial charge is 0.365 e. The predicted octanol–water partition coefficient (Wildman–Crippen LogP) is 2.24. The molecule has 2 aromatic rings. The minimum Gasteiger partial charge on any atom is -0.365 e. The van der Waals surface area contributed by atoms with Crippen LogP contribution in [0, 0.1) is 0 Å². The van der Waals surface area contributed by atoms with E-state index in [-0.39, 0.29) is 5.56 Å². The Hall–Kier alpha value is -1.78. The fraction of sp³-hybridized carbons (Fsp3) is 0. The predicted molar refractivity (Wildman–Crippen MR) is 70.6 cm³/mol. The van der Waals surface area contributed by atoms with E-state index >= 15 is 0 Å². The van der Waals surface area contributed by atoms with Gasteiger partial charge in [-0.2, -0.15) is 0 Å². The summed E-state index contributed by atoms with van der Waals surface area (Å²) in [6.45, 7) is 0. The summed E-state index contributed by atoms with van der Waals surface area (Å²) in [6, 6.07) is 7.67. The molecular formula is C12H8Cl2N2O2. The SMILES string of the molecule is NC(=O)c1cccn(-c2ccc(Cl)c(Cl)c2)c1=O. The highest BCUT2D eigenvalue weighted by Crippen LogP contribution is 2.23. The normalized spacial score (nSPS) is 10.3. The second kappa shape index (κ2) is 4.84. The van der Waals surface area contributed by atoms with Gasteiger partial charge in [0.15, 0.2) is 0 Å². The van der Waals surface area contributed by atoms with Crippen LogP contribution in [-0.4, -0.2) is 10.5 Å². The molecule has 0 spiro atoms. The lowest BCUT2D eigenvalue weighted by molar-refractivity contribution is 0.0998. The van der Waals surface area contributed by atoms with E-state index in [0.29, 0.717) is 15.7 Å². The van der Waals surface area contributed by atoms with Crippen molar-refractivity contribution in [3.05, 3.63) is 62.5 Å². The Morgan fingerprint density at radius 2 is 1.89 bits per heavy atom. The molecule has 0 aliphatic carbocycles. The highest BCUT2D eigenvalue weighted by atomic mass is 35.5. The molecule has 1 aromatic carbocycles. The minimum atomic E-state index is -0.769. The first-order chi connectivity index (χ1) is 8.50. The Labute approximate surface area is 113 Å². The van der Waals surface area contributed by atoms with Crippen molar-refractivity contribution in [2.45, 2.75) is 0 Å². The molecule has 1 amide bonds. The Balaban J connectivity index is 2.65. The van der Waals surface area contributed by atoms with Crippen LogP contribution < -0.4 is 11.3 Å². The number of nitrogens with zero attached hydrogens (tertiary/aromatic N) is 1. The van der Waals surface area contributed by atoms with E-state index < -0.39 is 11.5 Å². The number of benzene rings is 1. The molecule has 2 rings (SSSR count). The number of carbonyl (C=O) groups excluding carboxylic acids is 1. The molecule has 0 atom stereocenters. The second-order valence-electron chi connectivity index (χ2n) is 3.56. The van der Waals surface area contributed by atoms with Gasteiger partial charge in [0.2, 0.25) is 0 Å². The van der Waals surface area contributed by atoms with Crippen LogP contribution in [0.25, 0.3) is 5.69 Å². The fourth-order valence-electron chi connectivity index (χ4n) is 1.52. The zero-order valence-electron chi connectivity index (χ0n) is 9.06. The van der Waals surface area contributed by atoms with E-state index in [9.17, 15) is 9.59 Å². The summed E-state index contributed by atoms with van der Waals surface area (Å²) >= 11 is 11.7. The number of rotatable bonds is 2. The van der Waals surface area contributed by atoms with Gasteiger partial charge in [0.1, 0.15) is 5.56 Å². The zero-order valence-corrected chi connectivity index (χ0v) is 10.6. The van der Waals surface area contributed by atoms with Crippen molar-refractivity contribution in [2.24, 2.45) is 5.73 Å². The molecule has 2 N–H and O–H groups in total. The standard InChI is InChI=1S/C12H8Cl2N2O2/c13-9-4-3-7(6-10(9)14)16-5-1-2-8(11(15)17)12(16)18/h1-6H,(H2,15,17). The molecule has 92 valence electrons. The Bertz CT molecular complexity index is 680. The number of amides is 1. The number of halogens is 2. The number of primary amides is 1. The Morgan fingerprint density at radius 1 is 1.17 bits per heavy atom. The van der Waals surface area contributed by atoms with Gasteiger partial charge >= 0.3 is 0 Å². The highest BCUT2D eigenvalue weighted by Gasteiger charge is 2.10. The number of aromatic nitrogens is 1. The molecule has 4 nitrogen and oxygen atoms in total. The summed E-state index contributed by atoms with van der Waals surface area (Å²) in [6.07, 6.45) is 1.52. The first kappa shape index (κ1) is 12.7. The van der Waals surface area contributed by atoms with E-state index in [0.717, 1.165) is 0 Å². The van der Waals surface area contributed by atoms with E-state index in [2.05, 4.69) is 0 Å². The molecule has 6 heteroatoms. The molecule has 0 saturated carbocycles. The van der Waals surface area contributed by atoms with Gasteiger partial charge in [-0.1, -0.05) is 23.2 Å². The van der Waals surface area contributed by atoms with Crippen LogP contribution in [-0.2, 0) is 0 Å². The number of carbonyl (C=O) groups is 1. The summed E-state index contributed by atoms with van der Waals surface area (Å²) < 4.78 is 1.28. The van der Waals surface area contributed by atoms with Gasteiger partial charge in [0.25, 0.3) is 11.5 Å². The number of hydrogen-bond donors (Lipinski definition) is 1. The molecule has 1 aromatic heterocycles. The van der Waals surface area contributed by atoms with Crippen molar-refractivity contribution in [1.82, 2.24) is 4.57 Å². The molecule has 0 radical (unpaired) electrons.